The van der Waals surface area contributed by atoms with Crippen molar-refractivity contribution in [1.29, 1.82) is 0 Å². The van der Waals surface area contributed by atoms with E-state index in [1.807, 2.05) is 30.3 Å². The average molecular weight is 366 g/mol. The molecule has 2 N–H and O–H groups in total. The molecule has 2 aromatic carbocycles. The molecule has 0 spiro atoms. The van der Waals surface area contributed by atoms with Crippen LogP contribution in [0.25, 0.3) is 0 Å². The SMILES string of the molecule is NC1=C(OSCc2ccccc2)C(=O)C(c2ccc(Cl)cc2F)O1. The molecule has 1 heterocycles. The molecule has 0 aromatic heterocycles. The summed E-state index contributed by atoms with van der Waals surface area (Å²) >= 11 is 6.78. The van der Waals surface area contributed by atoms with E-state index in [0.717, 1.165) is 23.7 Å². The number of rotatable bonds is 5. The van der Waals surface area contributed by atoms with E-state index in [0.29, 0.717) is 5.75 Å². The van der Waals surface area contributed by atoms with E-state index >= 15 is 0 Å². The highest BCUT2D eigenvalue weighted by atomic mass is 35.5. The smallest absolute Gasteiger partial charge is 0.249 e. The van der Waals surface area contributed by atoms with Gasteiger partial charge in [-0.2, -0.15) is 0 Å². The van der Waals surface area contributed by atoms with E-state index in [9.17, 15) is 9.18 Å². The minimum atomic E-state index is -1.16. The van der Waals surface area contributed by atoms with Crippen molar-refractivity contribution in [1.82, 2.24) is 0 Å². The third-order valence-electron chi connectivity index (χ3n) is 3.39. The molecule has 1 atom stereocenters. The molecule has 7 heteroatoms. The van der Waals surface area contributed by atoms with E-state index in [2.05, 4.69) is 0 Å². The summed E-state index contributed by atoms with van der Waals surface area (Å²) in [4.78, 5) is 12.4. The molecule has 0 fully saturated rings. The number of ketones is 1. The van der Waals surface area contributed by atoms with E-state index in [1.54, 1.807) is 0 Å². The Morgan fingerprint density at radius 3 is 2.71 bits per heavy atom. The molecule has 24 heavy (non-hydrogen) atoms. The summed E-state index contributed by atoms with van der Waals surface area (Å²) in [5, 5.41) is 0.234. The van der Waals surface area contributed by atoms with Gasteiger partial charge in [0.1, 0.15) is 5.82 Å². The first kappa shape index (κ1) is 16.7. The van der Waals surface area contributed by atoms with E-state index in [4.69, 9.17) is 26.3 Å². The summed E-state index contributed by atoms with van der Waals surface area (Å²) in [5.74, 6) is -0.874. The van der Waals surface area contributed by atoms with Gasteiger partial charge in [-0.05, 0) is 17.7 Å². The molecule has 3 rings (SSSR count). The van der Waals surface area contributed by atoms with Gasteiger partial charge in [0.2, 0.25) is 17.4 Å². The predicted molar refractivity (Wildman–Crippen MR) is 90.3 cm³/mol. The van der Waals surface area contributed by atoms with Crippen molar-refractivity contribution < 1.29 is 18.1 Å². The summed E-state index contributed by atoms with van der Waals surface area (Å²) in [6.07, 6.45) is -1.16. The number of hydrogen-bond donors (Lipinski definition) is 1. The molecule has 1 aliphatic rings. The zero-order valence-electron chi connectivity index (χ0n) is 12.4. The van der Waals surface area contributed by atoms with Crippen LogP contribution >= 0.6 is 23.6 Å². The second-order valence-electron chi connectivity index (χ2n) is 5.05. The zero-order valence-corrected chi connectivity index (χ0v) is 13.9. The summed E-state index contributed by atoms with van der Waals surface area (Å²) in [7, 11) is 0. The van der Waals surface area contributed by atoms with E-state index < -0.39 is 17.7 Å². The van der Waals surface area contributed by atoms with Crippen molar-refractivity contribution >= 4 is 29.4 Å². The lowest BCUT2D eigenvalue weighted by atomic mass is 10.1. The van der Waals surface area contributed by atoms with Crippen molar-refractivity contribution in [3.8, 4) is 0 Å². The minimum Gasteiger partial charge on any atom is -0.460 e. The van der Waals surface area contributed by atoms with Gasteiger partial charge in [-0.25, -0.2) is 4.39 Å². The van der Waals surface area contributed by atoms with Gasteiger partial charge in [-0.3, -0.25) is 4.79 Å². The Morgan fingerprint density at radius 2 is 2.00 bits per heavy atom. The number of carbonyl (C=O) groups is 1. The lowest BCUT2D eigenvalue weighted by Crippen LogP contribution is -2.12. The first-order valence-corrected chi connectivity index (χ1v) is 8.34. The first-order chi connectivity index (χ1) is 11.6. The fraction of sp³-hybridized carbons (Fsp3) is 0.118. The number of carbonyl (C=O) groups excluding carboxylic acids is 1. The van der Waals surface area contributed by atoms with Crippen LogP contribution in [0.3, 0.4) is 0 Å². The summed E-state index contributed by atoms with van der Waals surface area (Å²) in [6, 6.07) is 13.6. The highest BCUT2D eigenvalue weighted by Crippen LogP contribution is 2.35. The lowest BCUT2D eigenvalue weighted by Gasteiger charge is -2.11. The van der Waals surface area contributed by atoms with Gasteiger partial charge in [0.15, 0.2) is 6.10 Å². The Morgan fingerprint density at radius 1 is 1.25 bits per heavy atom. The maximum Gasteiger partial charge on any atom is 0.249 e. The van der Waals surface area contributed by atoms with Crippen LogP contribution < -0.4 is 5.73 Å². The Bertz CT molecular complexity index is 798. The summed E-state index contributed by atoms with van der Waals surface area (Å²) < 4.78 is 24.7. The third kappa shape index (κ3) is 3.49. The number of hydrogen-bond acceptors (Lipinski definition) is 5. The molecular weight excluding hydrogens is 353 g/mol. The quantitative estimate of drug-likeness (QED) is 0.808. The maximum atomic E-state index is 14.0. The van der Waals surface area contributed by atoms with Crippen LogP contribution in [0, 0.1) is 5.82 Å². The molecule has 0 amide bonds. The molecule has 2 aromatic rings. The largest absolute Gasteiger partial charge is 0.460 e. The Kier molecular flexibility index (Phi) is 4.97. The lowest BCUT2D eigenvalue weighted by molar-refractivity contribution is -0.123. The van der Waals surface area contributed by atoms with Crippen LogP contribution in [0.5, 0.6) is 0 Å². The van der Waals surface area contributed by atoms with Crippen molar-refractivity contribution in [3.05, 3.63) is 82.1 Å². The van der Waals surface area contributed by atoms with E-state index in [-0.39, 0.29) is 22.2 Å². The average Bonchev–Trinajstić information content (AvgIpc) is 2.84. The first-order valence-electron chi connectivity index (χ1n) is 7.05. The van der Waals surface area contributed by atoms with Gasteiger partial charge in [-0.15, -0.1) is 0 Å². The van der Waals surface area contributed by atoms with Crippen molar-refractivity contribution in [2.45, 2.75) is 11.9 Å². The molecule has 0 saturated heterocycles. The third-order valence-corrected chi connectivity index (χ3v) is 4.36. The highest BCUT2D eigenvalue weighted by molar-refractivity contribution is 7.94. The van der Waals surface area contributed by atoms with Gasteiger partial charge in [0.25, 0.3) is 0 Å². The van der Waals surface area contributed by atoms with Gasteiger partial charge < -0.3 is 14.7 Å². The molecule has 1 aliphatic heterocycles. The number of Topliss-reactive ketones (excluding diaryl/α,β-unsaturated/α-hetero) is 1. The van der Waals surface area contributed by atoms with Crippen molar-refractivity contribution in [2.24, 2.45) is 5.73 Å². The molecule has 0 saturated carbocycles. The maximum absolute atomic E-state index is 14.0. The fourth-order valence-corrected chi connectivity index (χ4v) is 3.03. The molecule has 1 unspecified atom stereocenters. The van der Waals surface area contributed by atoms with Crippen LogP contribution in [0.4, 0.5) is 4.39 Å². The fourth-order valence-electron chi connectivity index (χ4n) is 2.21. The van der Waals surface area contributed by atoms with Crippen molar-refractivity contribution in [3.63, 3.8) is 0 Å². The predicted octanol–water partition coefficient (Wildman–Crippen LogP) is 4.11. The van der Waals surface area contributed by atoms with Crippen molar-refractivity contribution in [2.75, 3.05) is 0 Å². The Hall–Kier alpha value is -2.18. The molecule has 0 radical (unpaired) electrons. The second kappa shape index (κ2) is 7.15. The topological polar surface area (TPSA) is 61.5 Å². The Labute approximate surface area is 147 Å². The van der Waals surface area contributed by atoms with Gasteiger partial charge in [0, 0.05) is 10.6 Å². The molecule has 0 bridgehead atoms. The van der Waals surface area contributed by atoms with Crippen LogP contribution in [0.1, 0.15) is 17.2 Å². The normalized spacial score (nSPS) is 17.1. The van der Waals surface area contributed by atoms with Crippen LogP contribution in [-0.4, -0.2) is 5.78 Å². The number of halogens is 2. The second-order valence-corrected chi connectivity index (χ2v) is 6.18. The standard InChI is InChI=1S/C17H13ClFNO3S/c18-11-6-7-12(13(19)8-11)15-14(21)16(17(20)22-15)23-24-9-10-4-2-1-3-5-10/h1-8,15H,9,20H2. The molecular formula is C17H13ClFNO3S. The minimum absolute atomic E-state index is 0.0685. The van der Waals surface area contributed by atoms with Gasteiger partial charge in [0.05, 0.1) is 17.8 Å². The Balaban J connectivity index is 1.67. The molecule has 4 nitrogen and oxygen atoms in total. The summed E-state index contributed by atoms with van der Waals surface area (Å²) in [6.45, 7) is 0. The number of ether oxygens (including phenoxy) is 1. The molecule has 124 valence electrons. The monoisotopic (exact) mass is 365 g/mol. The number of nitrogens with two attached hydrogens (primary N) is 1. The highest BCUT2D eigenvalue weighted by Gasteiger charge is 2.38. The van der Waals surface area contributed by atoms with Gasteiger partial charge >= 0.3 is 0 Å². The van der Waals surface area contributed by atoms with E-state index in [1.165, 1.54) is 12.1 Å². The van der Waals surface area contributed by atoms with Crippen LogP contribution in [0.15, 0.2) is 60.2 Å². The van der Waals surface area contributed by atoms with Crippen LogP contribution in [-0.2, 0) is 19.5 Å². The van der Waals surface area contributed by atoms with Gasteiger partial charge in [-0.1, -0.05) is 48.0 Å². The van der Waals surface area contributed by atoms with Crippen LogP contribution in [0.2, 0.25) is 5.02 Å². The zero-order chi connectivity index (χ0) is 17.1. The number of benzene rings is 2. The molecule has 0 aliphatic carbocycles. The summed E-state index contributed by atoms with van der Waals surface area (Å²) in [5.41, 5.74) is 6.81.